The van der Waals surface area contributed by atoms with Gasteiger partial charge in [-0.2, -0.15) is 5.10 Å². The third kappa shape index (κ3) is 5.57. The van der Waals surface area contributed by atoms with E-state index in [9.17, 15) is 9.59 Å². The van der Waals surface area contributed by atoms with Crippen molar-refractivity contribution in [2.45, 2.75) is 43.9 Å². The number of nitrogens with zero attached hydrogens (tertiary/aromatic N) is 2. The minimum atomic E-state index is -0.357. The molecule has 2 amide bonds. The van der Waals surface area contributed by atoms with Crippen molar-refractivity contribution >= 4 is 23.7 Å². The molecule has 1 heterocycles. The predicted octanol–water partition coefficient (Wildman–Crippen LogP) is 5.34. The van der Waals surface area contributed by atoms with Crippen molar-refractivity contribution in [3.8, 4) is 11.5 Å². The first kappa shape index (κ1) is 26.0. The average molecular weight is 539 g/mol. The summed E-state index contributed by atoms with van der Waals surface area (Å²) < 4.78 is 11.2. The van der Waals surface area contributed by atoms with E-state index in [4.69, 9.17) is 9.47 Å². The average Bonchev–Trinajstić information content (AvgIpc) is 2.96. The van der Waals surface area contributed by atoms with Crippen molar-refractivity contribution in [2.75, 3.05) is 19.0 Å². The van der Waals surface area contributed by atoms with E-state index in [1.165, 1.54) is 63.6 Å². The van der Waals surface area contributed by atoms with Gasteiger partial charge < -0.3 is 14.8 Å². The highest BCUT2D eigenvalue weighted by molar-refractivity contribution is 5.94. The van der Waals surface area contributed by atoms with E-state index in [2.05, 4.69) is 33.0 Å². The van der Waals surface area contributed by atoms with Gasteiger partial charge in [-0.3, -0.25) is 14.6 Å². The van der Waals surface area contributed by atoms with Gasteiger partial charge in [0.05, 0.1) is 18.9 Å². The number of anilines is 1. The Morgan fingerprint density at radius 2 is 1.73 bits per heavy atom. The van der Waals surface area contributed by atoms with Gasteiger partial charge in [0.25, 0.3) is 11.8 Å². The Kier molecular flexibility index (Phi) is 7.24. The number of carbonyl (C=O) groups is 2. The number of pyridine rings is 1. The monoisotopic (exact) mass is 538 g/mol. The number of hydrogen-bond donors (Lipinski definition) is 2. The second kappa shape index (κ2) is 11.1. The molecule has 8 heteroatoms. The summed E-state index contributed by atoms with van der Waals surface area (Å²) in [5.41, 5.74) is 6.13. The van der Waals surface area contributed by atoms with Crippen LogP contribution in [0.2, 0.25) is 0 Å². The topological polar surface area (TPSA) is 102 Å². The number of rotatable bonds is 9. The summed E-state index contributed by atoms with van der Waals surface area (Å²) >= 11 is 0. The third-order valence-electron chi connectivity index (χ3n) is 8.67. The van der Waals surface area contributed by atoms with E-state index in [-0.39, 0.29) is 18.4 Å². The van der Waals surface area contributed by atoms with Crippen molar-refractivity contribution in [1.29, 1.82) is 0 Å². The van der Waals surface area contributed by atoms with Gasteiger partial charge in [-0.15, -0.1) is 0 Å². The maximum Gasteiger partial charge on any atom is 0.272 e. The Morgan fingerprint density at radius 1 is 1.00 bits per heavy atom. The van der Waals surface area contributed by atoms with Crippen molar-refractivity contribution in [3.05, 3.63) is 83.7 Å². The summed E-state index contributed by atoms with van der Waals surface area (Å²) in [7, 11) is 1.53. The number of ether oxygens (including phenoxy) is 2. The molecule has 8 nitrogen and oxygen atoms in total. The van der Waals surface area contributed by atoms with Crippen LogP contribution in [0.5, 0.6) is 11.5 Å². The molecule has 0 radical (unpaired) electrons. The summed E-state index contributed by atoms with van der Waals surface area (Å²) in [6, 6.07) is 17.0. The highest BCUT2D eigenvalue weighted by Gasteiger charge is 2.51. The number of carbonyl (C=O) groups excluding carboxylic acids is 2. The molecule has 40 heavy (non-hydrogen) atoms. The molecule has 4 aliphatic rings. The molecular formula is C32H34N4O4. The fourth-order valence-corrected chi connectivity index (χ4v) is 7.32. The van der Waals surface area contributed by atoms with E-state index < -0.39 is 0 Å². The molecule has 0 unspecified atom stereocenters. The summed E-state index contributed by atoms with van der Waals surface area (Å²) in [4.78, 5) is 28.6. The van der Waals surface area contributed by atoms with Gasteiger partial charge >= 0.3 is 0 Å². The fraction of sp³-hybridized carbons (Fsp3) is 0.375. The van der Waals surface area contributed by atoms with Gasteiger partial charge in [0.2, 0.25) is 0 Å². The molecule has 4 bridgehead atoms. The van der Waals surface area contributed by atoms with Crippen LogP contribution >= 0.6 is 0 Å². The Hall–Kier alpha value is -4.20. The molecule has 4 aliphatic carbocycles. The predicted molar refractivity (Wildman–Crippen MR) is 153 cm³/mol. The van der Waals surface area contributed by atoms with Crippen LogP contribution < -0.4 is 20.2 Å². The summed E-state index contributed by atoms with van der Waals surface area (Å²) in [5.74, 6) is 3.00. The fourth-order valence-electron chi connectivity index (χ4n) is 7.32. The van der Waals surface area contributed by atoms with Gasteiger partial charge in [0.1, 0.15) is 0 Å². The number of hydrogen-bond acceptors (Lipinski definition) is 6. The van der Waals surface area contributed by atoms with Crippen LogP contribution in [0.4, 0.5) is 5.69 Å². The molecular weight excluding hydrogens is 504 g/mol. The zero-order valence-corrected chi connectivity index (χ0v) is 22.6. The molecule has 206 valence electrons. The minimum absolute atomic E-state index is 0.151. The van der Waals surface area contributed by atoms with Crippen molar-refractivity contribution < 1.29 is 19.1 Å². The Labute approximate surface area is 234 Å². The van der Waals surface area contributed by atoms with Crippen LogP contribution in [0.3, 0.4) is 0 Å². The van der Waals surface area contributed by atoms with Gasteiger partial charge in [-0.25, -0.2) is 5.43 Å². The zero-order chi connectivity index (χ0) is 27.5. The standard InChI is InChI=1S/C32H34N4O4/c1-39-29-14-21(18-34-36-31(38)25-3-2-10-33-19-25)4-9-28(29)40-20-30(37)35-27-7-5-26(6-8-27)32-15-22-11-23(16-32)13-24(12-22)17-32/h2-10,14,18-19,22-24H,11-13,15-17,20H2,1H3,(H,35,37)(H,36,38)/b34-18-. The van der Waals surface area contributed by atoms with Crippen LogP contribution in [0, 0.1) is 17.8 Å². The molecule has 3 aromatic rings. The molecule has 4 fully saturated rings. The summed E-state index contributed by atoms with van der Waals surface area (Å²) in [6.45, 7) is -0.151. The van der Waals surface area contributed by atoms with Crippen LogP contribution in [-0.4, -0.2) is 36.7 Å². The van der Waals surface area contributed by atoms with Gasteiger partial charge in [0, 0.05) is 18.1 Å². The maximum absolute atomic E-state index is 12.6. The third-order valence-corrected chi connectivity index (χ3v) is 8.67. The first-order valence-corrected chi connectivity index (χ1v) is 13.9. The van der Waals surface area contributed by atoms with Gasteiger partial charge in [-0.1, -0.05) is 12.1 Å². The van der Waals surface area contributed by atoms with Crippen LogP contribution in [0.1, 0.15) is 60.0 Å². The Morgan fingerprint density at radius 3 is 2.38 bits per heavy atom. The molecule has 2 N–H and O–H groups in total. The molecule has 0 atom stereocenters. The SMILES string of the molecule is COc1cc(/C=N\NC(=O)c2cccnc2)ccc1OCC(=O)Nc1ccc(C23CC4CC(CC(C4)C2)C3)cc1. The molecule has 4 saturated carbocycles. The smallest absolute Gasteiger partial charge is 0.272 e. The second-order valence-corrected chi connectivity index (χ2v) is 11.5. The van der Waals surface area contributed by atoms with E-state index in [0.717, 1.165) is 23.4 Å². The van der Waals surface area contributed by atoms with Crippen LogP contribution in [0.25, 0.3) is 0 Å². The number of aromatic nitrogens is 1. The lowest BCUT2D eigenvalue weighted by Crippen LogP contribution is -2.48. The quantitative estimate of drug-likeness (QED) is 0.283. The van der Waals surface area contributed by atoms with Crippen LogP contribution in [-0.2, 0) is 10.2 Å². The number of benzene rings is 2. The zero-order valence-electron chi connectivity index (χ0n) is 22.6. The van der Waals surface area contributed by atoms with Crippen molar-refractivity contribution in [2.24, 2.45) is 22.9 Å². The summed E-state index contributed by atoms with van der Waals surface area (Å²) in [6.07, 6.45) is 12.8. The highest BCUT2D eigenvalue weighted by Crippen LogP contribution is 2.60. The molecule has 1 aromatic heterocycles. The Balaban J connectivity index is 1.02. The minimum Gasteiger partial charge on any atom is -0.493 e. The number of methoxy groups -OCH3 is 1. The number of hydrazone groups is 1. The lowest BCUT2D eigenvalue weighted by Gasteiger charge is -2.57. The van der Waals surface area contributed by atoms with E-state index in [1.807, 2.05) is 12.1 Å². The largest absolute Gasteiger partial charge is 0.493 e. The highest BCUT2D eigenvalue weighted by atomic mass is 16.5. The first-order valence-electron chi connectivity index (χ1n) is 13.9. The van der Waals surface area contributed by atoms with E-state index in [0.29, 0.717) is 28.0 Å². The lowest BCUT2D eigenvalue weighted by molar-refractivity contribution is -0.118. The second-order valence-electron chi connectivity index (χ2n) is 11.5. The number of amides is 2. The van der Waals surface area contributed by atoms with Crippen molar-refractivity contribution in [3.63, 3.8) is 0 Å². The van der Waals surface area contributed by atoms with Crippen LogP contribution in [0.15, 0.2) is 72.1 Å². The van der Waals surface area contributed by atoms with E-state index >= 15 is 0 Å². The molecule has 0 saturated heterocycles. The van der Waals surface area contributed by atoms with Gasteiger partial charge in [0.15, 0.2) is 18.1 Å². The molecule has 0 aliphatic heterocycles. The molecule has 2 aromatic carbocycles. The molecule has 7 rings (SSSR count). The first-order chi connectivity index (χ1) is 19.5. The number of nitrogens with one attached hydrogen (secondary N) is 2. The summed E-state index contributed by atoms with van der Waals surface area (Å²) in [5, 5.41) is 6.93. The van der Waals surface area contributed by atoms with Gasteiger partial charge in [-0.05, 0) is 115 Å². The van der Waals surface area contributed by atoms with Crippen molar-refractivity contribution in [1.82, 2.24) is 10.4 Å². The lowest BCUT2D eigenvalue weighted by atomic mass is 9.48. The normalized spacial score (nSPS) is 24.6. The molecule has 0 spiro atoms. The maximum atomic E-state index is 12.6. The van der Waals surface area contributed by atoms with E-state index in [1.54, 1.807) is 36.5 Å². The Bertz CT molecular complexity index is 1370.